The van der Waals surface area contributed by atoms with E-state index in [0.717, 1.165) is 40.2 Å². The fraction of sp³-hybridized carbons (Fsp3) is 0.261. The van der Waals surface area contributed by atoms with E-state index in [9.17, 15) is 8.42 Å². The Morgan fingerprint density at radius 1 is 1.04 bits per heavy atom. The molecule has 0 atom stereocenters. The summed E-state index contributed by atoms with van der Waals surface area (Å²) in [6, 6.07) is 17.3. The van der Waals surface area contributed by atoms with Gasteiger partial charge in [0, 0.05) is 12.8 Å². The van der Waals surface area contributed by atoms with Crippen LogP contribution in [-0.2, 0) is 16.4 Å². The van der Waals surface area contributed by atoms with Crippen molar-refractivity contribution in [3.8, 4) is 22.4 Å². The van der Waals surface area contributed by atoms with Crippen LogP contribution in [0.3, 0.4) is 0 Å². The average Bonchev–Trinajstić information content (AvgIpc) is 3.05. The van der Waals surface area contributed by atoms with E-state index in [1.165, 1.54) is 6.26 Å². The van der Waals surface area contributed by atoms with Gasteiger partial charge in [0.1, 0.15) is 0 Å². The molecule has 146 valence electrons. The molecular weight excluding hydrogens is 368 g/mol. The van der Waals surface area contributed by atoms with Crippen LogP contribution in [0.1, 0.15) is 26.5 Å². The molecule has 4 nitrogen and oxygen atoms in total. The minimum atomic E-state index is -3.23. The molecule has 0 aliphatic rings. The third-order valence-electron chi connectivity index (χ3n) is 4.53. The van der Waals surface area contributed by atoms with Crippen molar-refractivity contribution in [1.82, 2.24) is 9.78 Å². The van der Waals surface area contributed by atoms with Gasteiger partial charge in [-0.25, -0.2) is 8.42 Å². The second-order valence-corrected chi connectivity index (χ2v) is 9.66. The quantitative estimate of drug-likeness (QED) is 0.569. The summed E-state index contributed by atoms with van der Waals surface area (Å²) in [5.74, 6) is 0.481. The summed E-state index contributed by atoms with van der Waals surface area (Å²) < 4.78 is 25.7. The number of sulfone groups is 1. The molecular formula is C23H26N2O2S. The van der Waals surface area contributed by atoms with Crippen LogP contribution < -0.4 is 0 Å². The Morgan fingerprint density at radius 3 is 2.25 bits per heavy atom. The minimum Gasteiger partial charge on any atom is -0.264 e. The molecule has 0 unspecified atom stereocenters. The second kappa shape index (κ2) is 7.76. The summed E-state index contributed by atoms with van der Waals surface area (Å²) >= 11 is 0. The maximum atomic E-state index is 11.8. The van der Waals surface area contributed by atoms with Gasteiger partial charge in [0.2, 0.25) is 0 Å². The van der Waals surface area contributed by atoms with E-state index in [4.69, 9.17) is 5.10 Å². The van der Waals surface area contributed by atoms with Crippen molar-refractivity contribution in [2.45, 2.75) is 32.2 Å². The number of hydrogen-bond donors (Lipinski definition) is 0. The monoisotopic (exact) mass is 394 g/mol. The van der Waals surface area contributed by atoms with Gasteiger partial charge in [-0.2, -0.15) is 5.10 Å². The van der Waals surface area contributed by atoms with Gasteiger partial charge in [-0.05, 0) is 53.3 Å². The number of aromatic nitrogens is 2. The van der Waals surface area contributed by atoms with Crippen molar-refractivity contribution in [2.24, 2.45) is 5.92 Å². The Hall–Kier alpha value is -2.66. The lowest BCUT2D eigenvalue weighted by Gasteiger charge is -2.11. The molecule has 3 rings (SSSR count). The van der Waals surface area contributed by atoms with Crippen LogP contribution in [0, 0.1) is 5.92 Å². The molecule has 0 spiro atoms. The number of rotatable bonds is 6. The topological polar surface area (TPSA) is 52.0 Å². The van der Waals surface area contributed by atoms with E-state index in [-0.39, 0.29) is 0 Å². The molecule has 2 aromatic carbocycles. The van der Waals surface area contributed by atoms with E-state index in [2.05, 4.69) is 38.6 Å². The number of nitrogens with zero attached hydrogens (tertiary/aromatic N) is 2. The lowest BCUT2D eigenvalue weighted by atomic mass is 10.0. The van der Waals surface area contributed by atoms with Crippen LogP contribution >= 0.6 is 0 Å². The first kappa shape index (κ1) is 20.1. The molecule has 1 aromatic heterocycles. The number of hydrogen-bond acceptors (Lipinski definition) is 3. The highest BCUT2D eigenvalue weighted by Gasteiger charge is 2.13. The normalized spacial score (nSPS) is 11.8. The maximum Gasteiger partial charge on any atom is 0.175 e. The SMILES string of the molecule is C=C(C)c1cc(-c2ccc(-c3cccc(S(C)(=O)=O)c3)cc2)n(CC(C)C)n1. The molecule has 5 heteroatoms. The summed E-state index contributed by atoms with van der Waals surface area (Å²) in [6.07, 6.45) is 1.23. The first-order valence-electron chi connectivity index (χ1n) is 9.30. The fourth-order valence-electron chi connectivity index (χ4n) is 3.08. The van der Waals surface area contributed by atoms with Gasteiger partial charge in [0.05, 0.1) is 16.3 Å². The van der Waals surface area contributed by atoms with E-state index in [1.807, 2.05) is 29.8 Å². The first-order chi connectivity index (χ1) is 13.1. The number of allylic oxidation sites excluding steroid dienone is 1. The van der Waals surface area contributed by atoms with E-state index in [0.29, 0.717) is 10.8 Å². The molecule has 0 fully saturated rings. The van der Waals surface area contributed by atoms with Crippen molar-refractivity contribution >= 4 is 15.4 Å². The zero-order valence-corrected chi connectivity index (χ0v) is 17.6. The zero-order valence-electron chi connectivity index (χ0n) is 16.8. The lowest BCUT2D eigenvalue weighted by Crippen LogP contribution is -2.07. The Morgan fingerprint density at radius 2 is 1.68 bits per heavy atom. The molecule has 0 amide bonds. The average molecular weight is 395 g/mol. The predicted octanol–water partition coefficient (Wildman–Crippen LogP) is 5.31. The van der Waals surface area contributed by atoms with E-state index < -0.39 is 9.84 Å². The summed E-state index contributed by atoms with van der Waals surface area (Å²) in [5, 5.41) is 4.70. The van der Waals surface area contributed by atoms with Gasteiger partial charge in [-0.1, -0.05) is 56.8 Å². The molecule has 28 heavy (non-hydrogen) atoms. The Balaban J connectivity index is 1.99. The van der Waals surface area contributed by atoms with Crippen molar-refractivity contribution in [2.75, 3.05) is 6.26 Å². The van der Waals surface area contributed by atoms with Gasteiger partial charge in [-0.3, -0.25) is 4.68 Å². The molecule has 0 bridgehead atoms. The van der Waals surface area contributed by atoms with Crippen LogP contribution in [0.4, 0.5) is 0 Å². The molecule has 3 aromatic rings. The molecule has 0 radical (unpaired) electrons. The maximum absolute atomic E-state index is 11.8. The molecule has 0 saturated heterocycles. The highest BCUT2D eigenvalue weighted by Crippen LogP contribution is 2.28. The standard InChI is InChI=1S/C23H26N2O2S/c1-16(2)15-25-23(14-22(24-25)17(3)4)19-11-9-18(10-12-19)20-7-6-8-21(13-20)28(5,26)27/h6-14,16H,3,15H2,1-2,4-5H3. The minimum absolute atomic E-state index is 0.329. The van der Waals surface area contributed by atoms with Crippen molar-refractivity contribution in [3.05, 3.63) is 66.9 Å². The smallest absolute Gasteiger partial charge is 0.175 e. The fourth-order valence-corrected chi connectivity index (χ4v) is 3.75. The van der Waals surface area contributed by atoms with Crippen molar-refractivity contribution in [3.63, 3.8) is 0 Å². The third kappa shape index (κ3) is 4.42. The zero-order chi connectivity index (χ0) is 20.5. The third-order valence-corrected chi connectivity index (χ3v) is 5.64. The number of benzene rings is 2. The predicted molar refractivity (Wildman–Crippen MR) is 116 cm³/mol. The van der Waals surface area contributed by atoms with Crippen molar-refractivity contribution < 1.29 is 8.42 Å². The van der Waals surface area contributed by atoms with Gasteiger partial charge in [-0.15, -0.1) is 0 Å². The van der Waals surface area contributed by atoms with Crippen LogP contribution in [-0.4, -0.2) is 24.5 Å². The first-order valence-corrected chi connectivity index (χ1v) is 11.2. The highest BCUT2D eigenvalue weighted by atomic mass is 32.2. The van der Waals surface area contributed by atoms with E-state index in [1.54, 1.807) is 18.2 Å². The Bertz CT molecular complexity index is 1110. The second-order valence-electron chi connectivity index (χ2n) is 7.65. The van der Waals surface area contributed by atoms with Gasteiger partial charge < -0.3 is 0 Å². The molecule has 0 N–H and O–H groups in total. The van der Waals surface area contributed by atoms with Crippen LogP contribution in [0.25, 0.3) is 28.0 Å². The van der Waals surface area contributed by atoms with Crippen molar-refractivity contribution in [1.29, 1.82) is 0 Å². The molecule has 1 heterocycles. The van der Waals surface area contributed by atoms with Gasteiger partial charge in [0.15, 0.2) is 9.84 Å². The summed E-state index contributed by atoms with van der Waals surface area (Å²) in [7, 11) is -3.23. The van der Waals surface area contributed by atoms with E-state index >= 15 is 0 Å². The highest BCUT2D eigenvalue weighted by molar-refractivity contribution is 7.90. The summed E-state index contributed by atoms with van der Waals surface area (Å²) in [5.41, 5.74) is 5.84. The van der Waals surface area contributed by atoms with Crippen LogP contribution in [0.2, 0.25) is 0 Å². The van der Waals surface area contributed by atoms with Gasteiger partial charge >= 0.3 is 0 Å². The van der Waals surface area contributed by atoms with Crippen LogP contribution in [0.15, 0.2) is 66.1 Å². The van der Waals surface area contributed by atoms with Crippen LogP contribution in [0.5, 0.6) is 0 Å². The lowest BCUT2D eigenvalue weighted by molar-refractivity contribution is 0.486. The summed E-state index contributed by atoms with van der Waals surface area (Å²) in [4.78, 5) is 0.329. The summed E-state index contributed by atoms with van der Waals surface area (Å²) in [6.45, 7) is 11.1. The largest absolute Gasteiger partial charge is 0.264 e. The molecule has 0 aliphatic heterocycles. The van der Waals surface area contributed by atoms with Gasteiger partial charge in [0.25, 0.3) is 0 Å². The molecule has 0 aliphatic carbocycles. The Kier molecular flexibility index (Phi) is 5.57. The Labute approximate surface area is 167 Å². The molecule has 0 saturated carbocycles.